The van der Waals surface area contributed by atoms with Crippen LogP contribution in [0.2, 0.25) is 0 Å². The summed E-state index contributed by atoms with van der Waals surface area (Å²) in [5.41, 5.74) is 6.04. The summed E-state index contributed by atoms with van der Waals surface area (Å²) in [5.74, 6) is 0.992. The summed E-state index contributed by atoms with van der Waals surface area (Å²) in [6.45, 7) is 7.55. The highest BCUT2D eigenvalue weighted by Crippen LogP contribution is 2.40. The average molecular weight is 250 g/mol. The lowest BCUT2D eigenvalue weighted by atomic mass is 9.91. The number of nitrogens with two attached hydrogens (primary N) is 1. The lowest BCUT2D eigenvalue weighted by molar-refractivity contribution is 0.0999. The van der Waals surface area contributed by atoms with Crippen molar-refractivity contribution in [1.29, 1.82) is 0 Å². The van der Waals surface area contributed by atoms with Crippen molar-refractivity contribution in [3.8, 4) is 0 Å². The Morgan fingerprint density at radius 2 is 2.28 bits per heavy atom. The maximum atomic E-state index is 11.0. The van der Waals surface area contributed by atoms with E-state index in [1.807, 2.05) is 0 Å². The first-order valence-corrected chi connectivity index (χ1v) is 6.48. The van der Waals surface area contributed by atoms with E-state index in [-0.39, 0.29) is 0 Å². The summed E-state index contributed by atoms with van der Waals surface area (Å²) in [6.07, 6.45) is 3.84. The maximum Gasteiger partial charge on any atom is 0.251 e. The molecule has 2 atom stereocenters. The Morgan fingerprint density at radius 3 is 2.78 bits per heavy atom. The molecular formula is C14H22N2O2. The van der Waals surface area contributed by atoms with Gasteiger partial charge in [-0.15, -0.1) is 0 Å². The van der Waals surface area contributed by atoms with Crippen molar-refractivity contribution in [2.24, 2.45) is 17.1 Å². The van der Waals surface area contributed by atoms with Crippen LogP contribution >= 0.6 is 0 Å². The fourth-order valence-corrected chi connectivity index (χ4v) is 3.00. The van der Waals surface area contributed by atoms with E-state index in [1.165, 1.54) is 19.1 Å². The van der Waals surface area contributed by atoms with Crippen LogP contribution in [0.25, 0.3) is 0 Å². The number of rotatable bonds is 4. The Kier molecular flexibility index (Phi) is 3.48. The van der Waals surface area contributed by atoms with Crippen LogP contribution in [0.3, 0.4) is 0 Å². The van der Waals surface area contributed by atoms with E-state index in [9.17, 15) is 4.79 Å². The van der Waals surface area contributed by atoms with Crippen molar-refractivity contribution in [3.63, 3.8) is 0 Å². The van der Waals surface area contributed by atoms with Crippen LogP contribution in [0.1, 0.15) is 49.7 Å². The van der Waals surface area contributed by atoms with Gasteiger partial charge < -0.3 is 15.5 Å². The highest BCUT2D eigenvalue weighted by molar-refractivity contribution is 5.92. The monoisotopic (exact) mass is 250 g/mol. The first-order valence-electron chi connectivity index (χ1n) is 6.48. The molecule has 0 aliphatic heterocycles. The van der Waals surface area contributed by atoms with Gasteiger partial charge in [-0.2, -0.15) is 0 Å². The van der Waals surface area contributed by atoms with Crippen LogP contribution in [0, 0.1) is 11.3 Å². The first kappa shape index (κ1) is 13.1. The number of primary amides is 1. The van der Waals surface area contributed by atoms with Gasteiger partial charge in [0.15, 0.2) is 0 Å². The van der Waals surface area contributed by atoms with E-state index in [2.05, 4.69) is 26.1 Å². The zero-order valence-electron chi connectivity index (χ0n) is 11.3. The van der Waals surface area contributed by atoms with Crippen LogP contribution in [-0.2, 0) is 6.54 Å². The molecule has 1 fully saturated rings. The predicted molar refractivity (Wildman–Crippen MR) is 70.0 cm³/mol. The third-order valence-electron chi connectivity index (χ3n) is 3.81. The number of furan rings is 1. The minimum Gasteiger partial charge on any atom is -0.467 e. The second-order valence-electron chi connectivity index (χ2n) is 6.20. The highest BCUT2D eigenvalue weighted by atomic mass is 16.3. The summed E-state index contributed by atoms with van der Waals surface area (Å²) in [4.78, 5) is 11.0. The van der Waals surface area contributed by atoms with Crippen molar-refractivity contribution in [2.45, 2.75) is 46.2 Å². The van der Waals surface area contributed by atoms with Gasteiger partial charge in [0.2, 0.25) is 0 Å². The minimum absolute atomic E-state index is 0.415. The third-order valence-corrected chi connectivity index (χ3v) is 3.81. The molecule has 3 N–H and O–H groups in total. The van der Waals surface area contributed by atoms with Gasteiger partial charge in [0.25, 0.3) is 5.91 Å². The fourth-order valence-electron chi connectivity index (χ4n) is 3.00. The quantitative estimate of drug-likeness (QED) is 0.861. The van der Waals surface area contributed by atoms with Gasteiger partial charge in [-0.05, 0) is 30.2 Å². The predicted octanol–water partition coefficient (Wildman–Crippen LogP) is 2.29. The molecule has 4 heteroatoms. The molecule has 0 radical (unpaired) electrons. The fraction of sp³-hybridized carbons (Fsp3) is 0.643. The van der Waals surface area contributed by atoms with Gasteiger partial charge in [0.1, 0.15) is 12.0 Å². The summed E-state index contributed by atoms with van der Waals surface area (Å²) in [6, 6.07) is 2.22. The van der Waals surface area contributed by atoms with Gasteiger partial charge in [-0.1, -0.05) is 20.8 Å². The molecule has 0 bridgehead atoms. The van der Waals surface area contributed by atoms with Crippen LogP contribution in [0.15, 0.2) is 16.7 Å². The first-order chi connectivity index (χ1) is 8.37. The molecule has 1 saturated carbocycles. The Morgan fingerprint density at radius 1 is 1.56 bits per heavy atom. The Hall–Kier alpha value is -1.29. The Bertz CT molecular complexity index is 437. The molecule has 1 aliphatic carbocycles. The molecule has 1 heterocycles. The number of carbonyl (C=O) groups is 1. The van der Waals surface area contributed by atoms with E-state index >= 15 is 0 Å². The molecule has 1 aliphatic rings. The zero-order valence-corrected chi connectivity index (χ0v) is 11.3. The normalized spacial score (nSPS) is 26.4. The van der Waals surface area contributed by atoms with Gasteiger partial charge in [-0.3, -0.25) is 4.79 Å². The number of carbonyl (C=O) groups excluding carboxylic acids is 1. The SMILES string of the molecule is C[C@H]1CC(C)(C)C[C@@H]1NCc1cc(C(N)=O)co1. The Labute approximate surface area is 108 Å². The molecule has 0 spiro atoms. The molecule has 100 valence electrons. The molecule has 1 amide bonds. The van der Waals surface area contributed by atoms with Crippen LogP contribution in [-0.4, -0.2) is 11.9 Å². The van der Waals surface area contributed by atoms with Crippen molar-refractivity contribution < 1.29 is 9.21 Å². The van der Waals surface area contributed by atoms with Crippen LogP contribution in [0.4, 0.5) is 0 Å². The van der Waals surface area contributed by atoms with Gasteiger partial charge in [0, 0.05) is 6.04 Å². The van der Waals surface area contributed by atoms with Gasteiger partial charge in [-0.25, -0.2) is 0 Å². The molecule has 0 aromatic carbocycles. The highest BCUT2D eigenvalue weighted by Gasteiger charge is 2.36. The molecular weight excluding hydrogens is 228 g/mol. The Balaban J connectivity index is 1.90. The smallest absolute Gasteiger partial charge is 0.251 e. The molecule has 0 saturated heterocycles. The standard InChI is InChI=1S/C14H22N2O2/c1-9-5-14(2,3)6-12(9)16-7-11-4-10(8-18-11)13(15)17/h4,8-9,12,16H,5-7H2,1-3H3,(H2,15,17)/t9-,12-/m0/s1. The molecule has 2 rings (SSSR count). The molecule has 1 aromatic heterocycles. The van der Waals surface area contributed by atoms with Gasteiger partial charge >= 0.3 is 0 Å². The van der Waals surface area contributed by atoms with E-state index < -0.39 is 5.91 Å². The second kappa shape index (κ2) is 4.76. The third kappa shape index (κ3) is 2.93. The number of hydrogen-bond acceptors (Lipinski definition) is 3. The minimum atomic E-state index is -0.444. The van der Waals surface area contributed by atoms with Crippen molar-refractivity contribution in [2.75, 3.05) is 0 Å². The number of amides is 1. The topological polar surface area (TPSA) is 68.3 Å². The van der Waals surface area contributed by atoms with Crippen molar-refractivity contribution >= 4 is 5.91 Å². The average Bonchev–Trinajstić information content (AvgIpc) is 2.80. The van der Waals surface area contributed by atoms with E-state index in [1.54, 1.807) is 6.07 Å². The lowest BCUT2D eigenvalue weighted by Gasteiger charge is -2.17. The summed E-state index contributed by atoms with van der Waals surface area (Å²) < 4.78 is 5.31. The van der Waals surface area contributed by atoms with E-state index in [4.69, 9.17) is 10.2 Å². The van der Waals surface area contributed by atoms with Crippen molar-refractivity contribution in [1.82, 2.24) is 5.32 Å². The van der Waals surface area contributed by atoms with E-state index in [0.717, 1.165) is 5.76 Å². The maximum absolute atomic E-state index is 11.0. The summed E-state index contributed by atoms with van der Waals surface area (Å²) >= 11 is 0. The molecule has 0 unspecified atom stereocenters. The zero-order chi connectivity index (χ0) is 13.3. The lowest BCUT2D eigenvalue weighted by Crippen LogP contribution is -2.30. The second-order valence-corrected chi connectivity index (χ2v) is 6.20. The van der Waals surface area contributed by atoms with Gasteiger partial charge in [0.05, 0.1) is 12.1 Å². The van der Waals surface area contributed by atoms with Crippen molar-refractivity contribution in [3.05, 3.63) is 23.7 Å². The molecule has 1 aromatic rings. The van der Waals surface area contributed by atoms with Crippen LogP contribution < -0.4 is 11.1 Å². The molecule has 4 nitrogen and oxygen atoms in total. The summed E-state index contributed by atoms with van der Waals surface area (Å²) in [5, 5.41) is 3.51. The number of nitrogens with one attached hydrogen (secondary N) is 1. The number of hydrogen-bond donors (Lipinski definition) is 2. The molecule has 18 heavy (non-hydrogen) atoms. The summed E-state index contributed by atoms with van der Waals surface area (Å²) in [7, 11) is 0. The largest absolute Gasteiger partial charge is 0.467 e. The van der Waals surface area contributed by atoms with Crippen LogP contribution in [0.5, 0.6) is 0 Å². The van der Waals surface area contributed by atoms with E-state index in [0.29, 0.717) is 29.5 Å².